The Bertz CT molecular complexity index is 369. The largest absolute Gasteiger partial charge is 0.490 e. The minimum absolute atomic E-state index is 0.639. The monoisotopic (exact) mass is 281 g/mol. The zero-order valence-electron chi connectivity index (χ0n) is 12.9. The summed E-state index contributed by atoms with van der Waals surface area (Å²) in [5.74, 6) is 1.63. The van der Waals surface area contributed by atoms with Crippen molar-refractivity contribution in [3.63, 3.8) is 0 Å². The van der Waals surface area contributed by atoms with Crippen LogP contribution in [0.25, 0.3) is 0 Å². The van der Waals surface area contributed by atoms with Crippen LogP contribution in [0.4, 0.5) is 0 Å². The number of benzene rings is 1. The summed E-state index contributed by atoms with van der Waals surface area (Å²) >= 11 is 0. The molecule has 0 aliphatic carbocycles. The Hall–Kier alpha value is -1.26. The summed E-state index contributed by atoms with van der Waals surface area (Å²) in [6.07, 6.45) is 2.01. The molecule has 0 spiro atoms. The third-order valence-corrected chi connectivity index (χ3v) is 2.81. The highest BCUT2D eigenvalue weighted by Gasteiger charge is 2.06. The van der Waals surface area contributed by atoms with E-state index in [0.717, 1.165) is 37.4 Å². The minimum Gasteiger partial charge on any atom is -0.490 e. The van der Waals surface area contributed by atoms with Crippen molar-refractivity contribution in [1.29, 1.82) is 0 Å². The first kappa shape index (κ1) is 16.8. The number of hydrogen-bond donors (Lipinski definition) is 1. The van der Waals surface area contributed by atoms with Gasteiger partial charge < -0.3 is 19.5 Å². The van der Waals surface area contributed by atoms with E-state index in [2.05, 4.69) is 24.4 Å². The van der Waals surface area contributed by atoms with Crippen molar-refractivity contribution < 1.29 is 14.2 Å². The molecule has 20 heavy (non-hydrogen) atoms. The number of methoxy groups -OCH3 is 1. The first-order valence-corrected chi connectivity index (χ1v) is 7.40. The Labute approximate surface area is 122 Å². The molecule has 1 N–H and O–H groups in total. The van der Waals surface area contributed by atoms with Gasteiger partial charge >= 0.3 is 0 Å². The zero-order valence-corrected chi connectivity index (χ0v) is 12.9. The lowest BCUT2D eigenvalue weighted by Gasteiger charge is -2.13. The molecule has 1 aromatic carbocycles. The summed E-state index contributed by atoms with van der Waals surface area (Å²) in [6, 6.07) is 6.12. The van der Waals surface area contributed by atoms with Crippen LogP contribution in [0.3, 0.4) is 0 Å². The number of hydrogen-bond acceptors (Lipinski definition) is 4. The van der Waals surface area contributed by atoms with Crippen molar-refractivity contribution in [2.75, 3.05) is 33.5 Å². The molecule has 0 saturated carbocycles. The van der Waals surface area contributed by atoms with Crippen LogP contribution < -0.4 is 14.8 Å². The first-order valence-electron chi connectivity index (χ1n) is 7.40. The summed E-state index contributed by atoms with van der Waals surface area (Å²) in [5, 5.41) is 3.39. The van der Waals surface area contributed by atoms with Crippen LogP contribution in [0.2, 0.25) is 0 Å². The van der Waals surface area contributed by atoms with Gasteiger partial charge in [-0.2, -0.15) is 0 Å². The molecule has 0 saturated heterocycles. The number of ether oxygens (including phenoxy) is 3. The van der Waals surface area contributed by atoms with Crippen molar-refractivity contribution >= 4 is 0 Å². The summed E-state index contributed by atoms with van der Waals surface area (Å²) in [5.41, 5.74) is 1.21. The summed E-state index contributed by atoms with van der Waals surface area (Å²) in [7, 11) is 1.70. The zero-order chi connectivity index (χ0) is 14.6. The van der Waals surface area contributed by atoms with Gasteiger partial charge in [-0.15, -0.1) is 0 Å². The van der Waals surface area contributed by atoms with E-state index in [0.29, 0.717) is 19.8 Å². The maximum absolute atomic E-state index is 5.75. The van der Waals surface area contributed by atoms with E-state index >= 15 is 0 Å². The molecule has 1 rings (SSSR count). The van der Waals surface area contributed by atoms with Crippen LogP contribution >= 0.6 is 0 Å². The average molecular weight is 281 g/mol. The smallest absolute Gasteiger partial charge is 0.161 e. The molecule has 0 unspecified atom stereocenters. The van der Waals surface area contributed by atoms with Gasteiger partial charge in [0.2, 0.25) is 0 Å². The van der Waals surface area contributed by atoms with Gasteiger partial charge in [-0.05, 0) is 37.6 Å². The topological polar surface area (TPSA) is 39.7 Å². The van der Waals surface area contributed by atoms with Crippen molar-refractivity contribution in [2.24, 2.45) is 0 Å². The lowest BCUT2D eigenvalue weighted by atomic mass is 10.2. The van der Waals surface area contributed by atoms with E-state index in [1.807, 2.05) is 13.0 Å². The molecule has 4 nitrogen and oxygen atoms in total. The van der Waals surface area contributed by atoms with Crippen molar-refractivity contribution in [1.82, 2.24) is 5.32 Å². The quantitative estimate of drug-likeness (QED) is 0.633. The molecule has 0 aromatic heterocycles. The van der Waals surface area contributed by atoms with Crippen LogP contribution in [-0.2, 0) is 11.3 Å². The second-order valence-corrected chi connectivity index (χ2v) is 4.59. The van der Waals surface area contributed by atoms with E-state index < -0.39 is 0 Å². The highest BCUT2D eigenvalue weighted by molar-refractivity contribution is 5.43. The Morgan fingerprint density at radius 1 is 1.05 bits per heavy atom. The predicted octanol–water partition coefficient (Wildman–Crippen LogP) is 3.00. The molecular formula is C16H27NO3. The van der Waals surface area contributed by atoms with E-state index in [1.165, 1.54) is 5.56 Å². The minimum atomic E-state index is 0.639. The highest BCUT2D eigenvalue weighted by Crippen LogP contribution is 2.28. The molecule has 0 heterocycles. The second kappa shape index (κ2) is 10.5. The predicted molar refractivity (Wildman–Crippen MR) is 81.6 cm³/mol. The van der Waals surface area contributed by atoms with E-state index in [1.54, 1.807) is 7.11 Å². The van der Waals surface area contributed by atoms with Crippen molar-refractivity contribution in [3.05, 3.63) is 23.8 Å². The van der Waals surface area contributed by atoms with Gasteiger partial charge in [0, 0.05) is 26.7 Å². The van der Waals surface area contributed by atoms with Gasteiger partial charge in [-0.1, -0.05) is 13.0 Å². The van der Waals surface area contributed by atoms with E-state index in [9.17, 15) is 0 Å². The Kier molecular flexibility index (Phi) is 8.83. The number of rotatable bonds is 11. The maximum Gasteiger partial charge on any atom is 0.161 e. The molecule has 4 heteroatoms. The van der Waals surface area contributed by atoms with Crippen molar-refractivity contribution in [3.8, 4) is 11.5 Å². The molecule has 0 aliphatic rings. The number of nitrogens with one attached hydrogen (secondary N) is 1. The lowest BCUT2D eigenvalue weighted by Crippen LogP contribution is -2.14. The second-order valence-electron chi connectivity index (χ2n) is 4.59. The summed E-state index contributed by atoms with van der Waals surface area (Å²) < 4.78 is 16.4. The maximum atomic E-state index is 5.75. The fourth-order valence-corrected chi connectivity index (χ4v) is 1.84. The van der Waals surface area contributed by atoms with E-state index in [4.69, 9.17) is 14.2 Å². The van der Waals surface area contributed by atoms with Gasteiger partial charge in [0.1, 0.15) is 0 Å². The molecule has 114 valence electrons. The molecule has 0 amide bonds. The third kappa shape index (κ3) is 6.26. The average Bonchev–Trinajstić information content (AvgIpc) is 2.46. The fraction of sp³-hybridized carbons (Fsp3) is 0.625. The van der Waals surface area contributed by atoms with Crippen LogP contribution in [0.15, 0.2) is 18.2 Å². The normalized spacial score (nSPS) is 10.6. The lowest BCUT2D eigenvalue weighted by molar-refractivity contribution is 0.170. The third-order valence-electron chi connectivity index (χ3n) is 2.81. The van der Waals surface area contributed by atoms with Gasteiger partial charge in [0.05, 0.1) is 13.2 Å². The van der Waals surface area contributed by atoms with E-state index in [-0.39, 0.29) is 0 Å². The summed E-state index contributed by atoms with van der Waals surface area (Å²) in [6.45, 7) is 8.02. The van der Waals surface area contributed by atoms with Crippen LogP contribution in [0.5, 0.6) is 11.5 Å². The molecule has 1 aromatic rings. The Morgan fingerprint density at radius 2 is 1.90 bits per heavy atom. The molecule has 0 bridgehead atoms. The molecule has 0 aliphatic heterocycles. The fourth-order valence-electron chi connectivity index (χ4n) is 1.84. The molecule has 0 fully saturated rings. The summed E-state index contributed by atoms with van der Waals surface area (Å²) in [4.78, 5) is 0. The van der Waals surface area contributed by atoms with Gasteiger partial charge in [-0.3, -0.25) is 0 Å². The van der Waals surface area contributed by atoms with Crippen molar-refractivity contribution in [2.45, 2.75) is 33.2 Å². The standard InChI is InChI=1S/C16H27NO3/c1-4-9-17-13-14-7-8-15(16(12-14)19-5-2)20-11-6-10-18-3/h7-8,12,17H,4-6,9-11,13H2,1-3H3. The molecule has 0 atom stereocenters. The molecular weight excluding hydrogens is 254 g/mol. The van der Waals surface area contributed by atoms with Crippen LogP contribution in [0.1, 0.15) is 32.3 Å². The van der Waals surface area contributed by atoms with Crippen LogP contribution in [0, 0.1) is 0 Å². The van der Waals surface area contributed by atoms with Crippen LogP contribution in [-0.4, -0.2) is 33.5 Å². The van der Waals surface area contributed by atoms with Gasteiger partial charge in [0.15, 0.2) is 11.5 Å². The highest BCUT2D eigenvalue weighted by atomic mass is 16.5. The molecule has 0 radical (unpaired) electrons. The van der Waals surface area contributed by atoms with Gasteiger partial charge in [-0.25, -0.2) is 0 Å². The first-order chi connectivity index (χ1) is 9.81. The van der Waals surface area contributed by atoms with Gasteiger partial charge in [0.25, 0.3) is 0 Å². The Balaban J connectivity index is 2.58. The SMILES string of the molecule is CCCNCc1ccc(OCCCOC)c(OCC)c1. The Morgan fingerprint density at radius 3 is 2.60 bits per heavy atom.